The lowest BCUT2D eigenvalue weighted by Crippen LogP contribution is -2.33. The van der Waals surface area contributed by atoms with Crippen molar-refractivity contribution in [3.05, 3.63) is 68.7 Å². The van der Waals surface area contributed by atoms with Crippen molar-refractivity contribution in [3.8, 4) is 0 Å². The first-order valence-corrected chi connectivity index (χ1v) is 14.8. The topological polar surface area (TPSA) is 105 Å². The van der Waals surface area contributed by atoms with Crippen LogP contribution in [0.5, 0.6) is 0 Å². The average Bonchev–Trinajstić information content (AvgIpc) is 3.56. The number of amides is 2. The molecule has 5 rings (SSSR count). The van der Waals surface area contributed by atoms with E-state index in [2.05, 4.69) is 41.6 Å². The highest BCUT2D eigenvalue weighted by molar-refractivity contribution is 9.10. The molecule has 1 aliphatic heterocycles. The molecule has 248 valence electrons. The van der Waals surface area contributed by atoms with Crippen LogP contribution in [0.1, 0.15) is 59.8 Å². The molecule has 2 N–H and O–H groups in total. The molecule has 2 amide bonds. The second kappa shape index (κ2) is 13.1. The number of nitrogens with one attached hydrogen (secondary N) is 2. The molecule has 0 unspecified atom stereocenters. The van der Waals surface area contributed by atoms with E-state index >= 15 is 0 Å². The van der Waals surface area contributed by atoms with Crippen molar-refractivity contribution in [2.75, 3.05) is 31.5 Å². The van der Waals surface area contributed by atoms with Gasteiger partial charge in [0.1, 0.15) is 29.6 Å². The number of ketones is 1. The van der Waals surface area contributed by atoms with Crippen LogP contribution >= 0.6 is 15.9 Å². The van der Waals surface area contributed by atoms with Gasteiger partial charge in [0, 0.05) is 63.6 Å². The Labute approximate surface area is 264 Å². The van der Waals surface area contributed by atoms with E-state index < -0.39 is 84.4 Å². The molecule has 1 aliphatic carbocycles. The van der Waals surface area contributed by atoms with Gasteiger partial charge in [0.15, 0.2) is 5.78 Å². The Morgan fingerprint density at radius 1 is 1.07 bits per heavy atom. The van der Waals surface area contributed by atoms with Crippen LogP contribution in [-0.2, 0) is 29.6 Å². The number of fused-ring (bicyclic) bond motifs is 1. The van der Waals surface area contributed by atoms with Gasteiger partial charge in [-0.3, -0.25) is 9.48 Å². The Hall–Kier alpha value is -3.83. The Balaban J connectivity index is 1.43. The fourth-order valence-corrected chi connectivity index (χ4v) is 6.12. The predicted molar refractivity (Wildman–Crippen MR) is 150 cm³/mol. The molecule has 46 heavy (non-hydrogen) atoms. The van der Waals surface area contributed by atoms with E-state index in [1.54, 1.807) is 4.90 Å². The van der Waals surface area contributed by atoms with Crippen LogP contribution in [-0.4, -0.2) is 62.6 Å². The van der Waals surface area contributed by atoms with Crippen molar-refractivity contribution in [1.82, 2.24) is 30.0 Å². The molecule has 0 bridgehead atoms. The average molecular weight is 724 g/mol. The molecule has 2 aliphatic rings. The lowest BCUT2D eigenvalue weighted by Gasteiger charge is -2.29. The van der Waals surface area contributed by atoms with E-state index in [-0.39, 0.29) is 45.4 Å². The predicted octanol–water partition coefficient (Wildman–Crippen LogP) is 6.05. The van der Waals surface area contributed by atoms with E-state index in [4.69, 9.17) is 0 Å². The standard InChI is InChI=1S/C28H26BrF8N7O2/c29-19-12-40-25(38-3-5-43-6-4-39-26(43)46)41-21(19)15(7-14-8-16(30)11-17(31)9-14)10-18(45)13-44-23-20(22(42-44)24(32)33)27(34,35)1-2-28(23,36)37/h8-9,11-12,15,24H,1-7,10,13H2,(H,39,46)(H,38,40,41)/t15-/m1/s1. The molecular weight excluding hydrogens is 698 g/mol. The molecule has 3 heterocycles. The number of benzene rings is 1. The number of carbonyl (C=O) groups is 2. The van der Waals surface area contributed by atoms with E-state index in [0.29, 0.717) is 25.7 Å². The number of aromatic nitrogens is 4. The summed E-state index contributed by atoms with van der Waals surface area (Å²) in [6, 6.07) is 2.46. The van der Waals surface area contributed by atoms with Crippen LogP contribution < -0.4 is 10.6 Å². The largest absolute Gasteiger partial charge is 0.352 e. The van der Waals surface area contributed by atoms with Gasteiger partial charge in [-0.25, -0.2) is 41.1 Å². The van der Waals surface area contributed by atoms with Gasteiger partial charge in [0.05, 0.1) is 15.7 Å². The van der Waals surface area contributed by atoms with E-state index in [1.807, 2.05) is 0 Å². The zero-order valence-electron chi connectivity index (χ0n) is 23.8. The number of alkyl halides is 6. The van der Waals surface area contributed by atoms with Crippen LogP contribution in [0.4, 0.5) is 45.9 Å². The van der Waals surface area contributed by atoms with Gasteiger partial charge in [-0.2, -0.15) is 13.9 Å². The molecule has 3 aromatic rings. The number of urea groups is 1. The van der Waals surface area contributed by atoms with Gasteiger partial charge < -0.3 is 15.5 Å². The van der Waals surface area contributed by atoms with Crippen molar-refractivity contribution >= 4 is 33.7 Å². The van der Waals surface area contributed by atoms with Crippen molar-refractivity contribution in [3.63, 3.8) is 0 Å². The fraction of sp³-hybridized carbons (Fsp3) is 0.464. The zero-order chi connectivity index (χ0) is 33.4. The fourth-order valence-electron chi connectivity index (χ4n) is 5.60. The van der Waals surface area contributed by atoms with Crippen LogP contribution in [0.3, 0.4) is 0 Å². The third kappa shape index (κ3) is 7.25. The smallest absolute Gasteiger partial charge is 0.317 e. The van der Waals surface area contributed by atoms with Gasteiger partial charge in [-0.1, -0.05) is 0 Å². The number of Topliss-reactive ketones (excluding diaryl/α,β-unsaturated/α-hetero) is 1. The molecule has 1 fully saturated rings. The maximum atomic E-state index is 14.9. The second-order valence-corrected chi connectivity index (χ2v) is 11.8. The summed E-state index contributed by atoms with van der Waals surface area (Å²) in [6.07, 6.45) is -5.71. The summed E-state index contributed by atoms with van der Waals surface area (Å²) in [4.78, 5) is 35.3. The first-order valence-electron chi connectivity index (χ1n) is 14.1. The first-order chi connectivity index (χ1) is 21.6. The van der Waals surface area contributed by atoms with Crippen LogP contribution in [0, 0.1) is 11.6 Å². The Kier molecular flexibility index (Phi) is 9.56. The van der Waals surface area contributed by atoms with Crippen molar-refractivity contribution in [1.29, 1.82) is 0 Å². The second-order valence-electron chi connectivity index (χ2n) is 11.0. The third-order valence-electron chi connectivity index (χ3n) is 7.62. The molecule has 0 saturated carbocycles. The molecule has 1 atom stereocenters. The number of hydrogen-bond donors (Lipinski definition) is 2. The zero-order valence-corrected chi connectivity index (χ0v) is 25.4. The normalized spacial score (nSPS) is 17.6. The van der Waals surface area contributed by atoms with Crippen LogP contribution in [0.2, 0.25) is 0 Å². The molecule has 0 spiro atoms. The molecule has 2 aromatic heterocycles. The molecular formula is C28H26BrF8N7O2. The number of anilines is 1. The van der Waals surface area contributed by atoms with Crippen molar-refractivity contribution in [2.24, 2.45) is 0 Å². The van der Waals surface area contributed by atoms with Crippen molar-refractivity contribution in [2.45, 2.75) is 56.4 Å². The SMILES string of the molecule is O=C(C[C@@H](Cc1cc(F)cc(F)c1)c1nc(NCCN2CCNC2=O)ncc1Br)Cn1nc(C(F)F)c2c1C(F)(F)CCC2(F)F. The minimum atomic E-state index is -4.01. The first kappa shape index (κ1) is 33.5. The summed E-state index contributed by atoms with van der Waals surface area (Å²) >= 11 is 3.30. The highest BCUT2D eigenvalue weighted by Crippen LogP contribution is 2.52. The van der Waals surface area contributed by atoms with Crippen molar-refractivity contribution < 1.29 is 44.7 Å². The number of nitrogens with zero attached hydrogens (tertiary/aromatic N) is 5. The number of rotatable bonds is 12. The monoisotopic (exact) mass is 723 g/mol. The lowest BCUT2D eigenvalue weighted by molar-refractivity contribution is -0.121. The van der Waals surface area contributed by atoms with Gasteiger partial charge in [-0.05, 0) is 40.0 Å². The van der Waals surface area contributed by atoms with Gasteiger partial charge in [0.25, 0.3) is 18.3 Å². The highest BCUT2D eigenvalue weighted by atomic mass is 79.9. The molecule has 9 nitrogen and oxygen atoms in total. The number of carbonyl (C=O) groups excluding carboxylic acids is 2. The van der Waals surface area contributed by atoms with E-state index in [9.17, 15) is 44.7 Å². The molecule has 1 saturated heterocycles. The lowest BCUT2D eigenvalue weighted by atomic mass is 9.88. The summed E-state index contributed by atoms with van der Waals surface area (Å²) in [5, 5.41) is 8.93. The molecule has 1 aromatic carbocycles. The van der Waals surface area contributed by atoms with E-state index in [0.717, 1.165) is 12.1 Å². The summed E-state index contributed by atoms with van der Waals surface area (Å²) in [6.45, 7) is 0.495. The van der Waals surface area contributed by atoms with Gasteiger partial charge >= 0.3 is 6.03 Å². The maximum Gasteiger partial charge on any atom is 0.317 e. The summed E-state index contributed by atoms with van der Waals surface area (Å²) in [7, 11) is 0. The number of halogens is 9. The van der Waals surface area contributed by atoms with E-state index in [1.165, 1.54) is 6.20 Å². The highest BCUT2D eigenvalue weighted by Gasteiger charge is 2.55. The summed E-state index contributed by atoms with van der Waals surface area (Å²) in [5.41, 5.74) is -4.28. The van der Waals surface area contributed by atoms with Crippen LogP contribution in [0.25, 0.3) is 0 Å². The Bertz CT molecular complexity index is 1620. The van der Waals surface area contributed by atoms with Crippen LogP contribution in [0.15, 0.2) is 28.9 Å². The maximum absolute atomic E-state index is 14.9. The number of hydrogen-bond acceptors (Lipinski definition) is 6. The quantitative estimate of drug-likeness (QED) is 0.221. The minimum absolute atomic E-state index is 0.0743. The Morgan fingerprint density at radius 3 is 2.41 bits per heavy atom. The Morgan fingerprint density at radius 2 is 1.76 bits per heavy atom. The minimum Gasteiger partial charge on any atom is -0.352 e. The summed E-state index contributed by atoms with van der Waals surface area (Å²) < 4.78 is 115. The molecule has 18 heteroatoms. The van der Waals surface area contributed by atoms with Gasteiger partial charge in [0.2, 0.25) is 5.95 Å². The third-order valence-corrected chi connectivity index (χ3v) is 8.23. The molecule has 0 radical (unpaired) electrons. The van der Waals surface area contributed by atoms with Gasteiger partial charge in [-0.15, -0.1) is 0 Å². The summed E-state index contributed by atoms with van der Waals surface area (Å²) in [5.74, 6) is -11.6.